The Labute approximate surface area is 102 Å². The quantitative estimate of drug-likeness (QED) is 0.725. The molecule has 0 saturated heterocycles. The average molecular weight is 249 g/mol. The van der Waals surface area contributed by atoms with E-state index in [2.05, 4.69) is 20.8 Å². The SMILES string of the molecule is O=C1Nc2cc(Cl)ccc2C(c2cn[nH]c2)N1. The number of aromatic amines is 1. The van der Waals surface area contributed by atoms with Gasteiger partial charge >= 0.3 is 6.03 Å². The molecule has 1 aromatic heterocycles. The molecule has 0 radical (unpaired) electrons. The number of rotatable bonds is 1. The number of nitrogens with zero attached hydrogens (tertiary/aromatic N) is 1. The van der Waals surface area contributed by atoms with E-state index in [0.29, 0.717) is 5.02 Å². The minimum Gasteiger partial charge on any atom is -0.327 e. The van der Waals surface area contributed by atoms with Gasteiger partial charge in [0.25, 0.3) is 0 Å². The number of nitrogens with one attached hydrogen (secondary N) is 3. The van der Waals surface area contributed by atoms with E-state index in [4.69, 9.17) is 11.6 Å². The molecule has 1 aliphatic rings. The van der Waals surface area contributed by atoms with Crippen LogP contribution in [0, 0.1) is 0 Å². The van der Waals surface area contributed by atoms with Crippen LogP contribution in [0.5, 0.6) is 0 Å². The molecular formula is C11H9ClN4O. The number of hydrogen-bond acceptors (Lipinski definition) is 2. The van der Waals surface area contributed by atoms with Crippen molar-refractivity contribution in [1.29, 1.82) is 0 Å². The molecule has 3 rings (SSSR count). The van der Waals surface area contributed by atoms with Gasteiger partial charge in [-0.25, -0.2) is 4.79 Å². The van der Waals surface area contributed by atoms with E-state index >= 15 is 0 Å². The lowest BCUT2D eigenvalue weighted by molar-refractivity contribution is 0.249. The van der Waals surface area contributed by atoms with Gasteiger partial charge < -0.3 is 10.6 Å². The third kappa shape index (κ3) is 1.74. The van der Waals surface area contributed by atoms with Crippen LogP contribution in [-0.4, -0.2) is 16.2 Å². The summed E-state index contributed by atoms with van der Waals surface area (Å²) in [6.07, 6.45) is 3.45. The van der Waals surface area contributed by atoms with E-state index < -0.39 is 0 Å². The summed E-state index contributed by atoms with van der Waals surface area (Å²) >= 11 is 5.91. The summed E-state index contributed by atoms with van der Waals surface area (Å²) in [7, 11) is 0. The molecule has 1 aliphatic heterocycles. The lowest BCUT2D eigenvalue weighted by Crippen LogP contribution is -2.38. The van der Waals surface area contributed by atoms with Gasteiger partial charge in [0.2, 0.25) is 0 Å². The molecule has 2 aromatic rings. The third-order valence-electron chi connectivity index (χ3n) is 2.70. The molecule has 1 aromatic carbocycles. The molecule has 0 saturated carbocycles. The fraction of sp³-hybridized carbons (Fsp3) is 0.0909. The van der Waals surface area contributed by atoms with Gasteiger partial charge in [-0.15, -0.1) is 0 Å². The van der Waals surface area contributed by atoms with Gasteiger partial charge in [-0.3, -0.25) is 5.10 Å². The molecule has 1 unspecified atom stereocenters. The number of amides is 2. The predicted octanol–water partition coefficient (Wildman–Crippen LogP) is 2.29. The molecule has 3 N–H and O–H groups in total. The van der Waals surface area contributed by atoms with Crippen molar-refractivity contribution < 1.29 is 4.79 Å². The number of benzene rings is 1. The van der Waals surface area contributed by atoms with Crippen molar-refractivity contribution in [2.75, 3.05) is 5.32 Å². The van der Waals surface area contributed by atoms with Crippen molar-refractivity contribution in [3.05, 3.63) is 46.7 Å². The summed E-state index contributed by atoms with van der Waals surface area (Å²) in [6, 6.07) is 4.98. The Morgan fingerprint density at radius 3 is 3.00 bits per heavy atom. The number of aromatic nitrogens is 2. The number of carbonyl (C=O) groups excluding carboxylic acids is 1. The van der Waals surface area contributed by atoms with Crippen LogP contribution in [0.4, 0.5) is 10.5 Å². The van der Waals surface area contributed by atoms with Crippen LogP contribution in [0.1, 0.15) is 17.2 Å². The first-order chi connectivity index (χ1) is 8.24. The van der Waals surface area contributed by atoms with E-state index in [1.807, 2.05) is 6.07 Å². The number of halogens is 1. The summed E-state index contributed by atoms with van der Waals surface area (Å²) in [4.78, 5) is 11.5. The van der Waals surface area contributed by atoms with Gasteiger partial charge in [-0.05, 0) is 12.1 Å². The van der Waals surface area contributed by atoms with Crippen LogP contribution < -0.4 is 10.6 Å². The molecule has 0 spiro atoms. The van der Waals surface area contributed by atoms with Crippen LogP contribution in [0.25, 0.3) is 0 Å². The standard InChI is InChI=1S/C11H9ClN4O/c12-7-1-2-8-9(3-7)15-11(17)16-10(8)6-4-13-14-5-6/h1-5,10H,(H,13,14)(H2,15,16,17). The van der Waals surface area contributed by atoms with Crippen LogP contribution in [0.15, 0.2) is 30.6 Å². The normalized spacial score (nSPS) is 18.2. The molecule has 6 heteroatoms. The summed E-state index contributed by atoms with van der Waals surface area (Å²) in [6.45, 7) is 0. The van der Waals surface area contributed by atoms with Crippen LogP contribution >= 0.6 is 11.6 Å². The molecule has 86 valence electrons. The number of fused-ring (bicyclic) bond motifs is 1. The van der Waals surface area contributed by atoms with Gasteiger partial charge in [-0.2, -0.15) is 5.10 Å². The Balaban J connectivity index is 2.11. The lowest BCUT2D eigenvalue weighted by atomic mass is 9.98. The number of urea groups is 1. The van der Waals surface area contributed by atoms with Crippen LogP contribution in [0.3, 0.4) is 0 Å². The maximum atomic E-state index is 11.5. The van der Waals surface area contributed by atoms with Crippen LogP contribution in [-0.2, 0) is 0 Å². The molecule has 1 atom stereocenters. The van der Waals surface area contributed by atoms with E-state index in [1.54, 1.807) is 24.5 Å². The smallest absolute Gasteiger partial charge is 0.320 e. The third-order valence-corrected chi connectivity index (χ3v) is 2.94. The van der Waals surface area contributed by atoms with Gasteiger partial charge in [0.05, 0.1) is 12.2 Å². The molecule has 2 heterocycles. The van der Waals surface area contributed by atoms with Crippen LogP contribution in [0.2, 0.25) is 5.02 Å². The second-order valence-electron chi connectivity index (χ2n) is 3.79. The first-order valence-corrected chi connectivity index (χ1v) is 5.47. The Hall–Kier alpha value is -2.01. The highest BCUT2D eigenvalue weighted by atomic mass is 35.5. The van der Waals surface area contributed by atoms with E-state index in [-0.39, 0.29) is 12.1 Å². The zero-order chi connectivity index (χ0) is 11.8. The first-order valence-electron chi connectivity index (χ1n) is 5.09. The fourth-order valence-electron chi connectivity index (χ4n) is 1.94. The van der Waals surface area contributed by atoms with E-state index in [1.165, 1.54) is 0 Å². The lowest BCUT2D eigenvalue weighted by Gasteiger charge is -2.26. The first kappa shape index (κ1) is 10.2. The number of anilines is 1. The van der Waals surface area contributed by atoms with Crippen molar-refractivity contribution in [3.8, 4) is 0 Å². The fourth-order valence-corrected chi connectivity index (χ4v) is 2.11. The Morgan fingerprint density at radius 1 is 1.35 bits per heavy atom. The van der Waals surface area contributed by atoms with Crippen molar-refractivity contribution in [3.63, 3.8) is 0 Å². The molecule has 5 nitrogen and oxygen atoms in total. The van der Waals surface area contributed by atoms with Crippen molar-refractivity contribution in [2.24, 2.45) is 0 Å². The molecule has 2 amide bonds. The summed E-state index contributed by atoms with van der Waals surface area (Å²) in [5.41, 5.74) is 2.60. The summed E-state index contributed by atoms with van der Waals surface area (Å²) in [5, 5.41) is 12.8. The summed E-state index contributed by atoms with van der Waals surface area (Å²) in [5.74, 6) is 0. The van der Waals surface area contributed by atoms with E-state index in [0.717, 1.165) is 16.8 Å². The number of hydrogen-bond donors (Lipinski definition) is 3. The van der Waals surface area contributed by atoms with Crippen molar-refractivity contribution >= 4 is 23.3 Å². The Kier molecular flexibility index (Phi) is 2.26. The molecule has 0 aliphatic carbocycles. The highest BCUT2D eigenvalue weighted by Crippen LogP contribution is 2.32. The molecule has 0 fully saturated rings. The minimum atomic E-state index is -0.244. The van der Waals surface area contributed by atoms with Gasteiger partial charge in [0, 0.05) is 28.0 Å². The van der Waals surface area contributed by atoms with Crippen molar-refractivity contribution in [1.82, 2.24) is 15.5 Å². The molecule has 17 heavy (non-hydrogen) atoms. The van der Waals surface area contributed by atoms with Crippen molar-refractivity contribution in [2.45, 2.75) is 6.04 Å². The maximum Gasteiger partial charge on any atom is 0.320 e. The highest BCUT2D eigenvalue weighted by Gasteiger charge is 2.25. The molecular weight excluding hydrogens is 240 g/mol. The summed E-state index contributed by atoms with van der Waals surface area (Å²) < 4.78 is 0. The number of carbonyl (C=O) groups is 1. The Bertz CT molecular complexity index is 567. The minimum absolute atomic E-state index is 0.199. The topological polar surface area (TPSA) is 69.8 Å². The maximum absolute atomic E-state index is 11.5. The van der Waals surface area contributed by atoms with Gasteiger partial charge in [0.15, 0.2) is 0 Å². The predicted molar refractivity (Wildman–Crippen MR) is 64.0 cm³/mol. The highest BCUT2D eigenvalue weighted by molar-refractivity contribution is 6.31. The second kappa shape index (κ2) is 3.78. The number of H-pyrrole nitrogens is 1. The molecule has 0 bridgehead atoms. The van der Waals surface area contributed by atoms with Gasteiger partial charge in [-0.1, -0.05) is 17.7 Å². The zero-order valence-corrected chi connectivity index (χ0v) is 9.45. The monoisotopic (exact) mass is 248 g/mol. The van der Waals surface area contributed by atoms with E-state index in [9.17, 15) is 4.79 Å². The zero-order valence-electron chi connectivity index (χ0n) is 8.70. The largest absolute Gasteiger partial charge is 0.327 e. The Morgan fingerprint density at radius 2 is 2.24 bits per heavy atom. The average Bonchev–Trinajstić information content (AvgIpc) is 2.80. The second-order valence-corrected chi connectivity index (χ2v) is 4.23. The van der Waals surface area contributed by atoms with Gasteiger partial charge in [0.1, 0.15) is 0 Å².